The fraction of sp³-hybridized carbons (Fsp3) is 0.933. The Morgan fingerprint density at radius 1 is 1.23 bits per heavy atom. The molecule has 2 fully saturated rings. The molecule has 4 unspecified atom stereocenters. The summed E-state index contributed by atoms with van der Waals surface area (Å²) in [6.45, 7) is 1.92. The number of rotatable bonds is 3. The zero-order chi connectivity index (χ0) is 16.4. The molecule has 0 aromatic carbocycles. The lowest BCUT2D eigenvalue weighted by atomic mass is 9.85. The highest BCUT2D eigenvalue weighted by molar-refractivity contribution is 5.74. The van der Waals surface area contributed by atoms with Gasteiger partial charge >= 0.3 is 12.2 Å². The zero-order valence-electron chi connectivity index (χ0n) is 12.9. The fourth-order valence-corrected chi connectivity index (χ4v) is 3.67. The Morgan fingerprint density at radius 2 is 1.95 bits per heavy atom. The standard InChI is InChI=1S/C15H25F3N2O2/c1-14(9-21)7-3-6-12(14)20-13(22)19-11-5-2-4-10(8-11)15(16,17)18/h10-12,21H,2-9H2,1H3,(H2,19,20,22). The predicted octanol–water partition coefficient (Wildman–Crippen LogP) is 2.96. The topological polar surface area (TPSA) is 61.4 Å². The van der Waals surface area contributed by atoms with Crippen molar-refractivity contribution in [3.05, 3.63) is 0 Å². The minimum absolute atomic E-state index is 0.00246. The van der Waals surface area contributed by atoms with E-state index in [1.54, 1.807) is 0 Å². The third-order valence-corrected chi connectivity index (χ3v) is 5.22. The Hall–Kier alpha value is -0.980. The van der Waals surface area contributed by atoms with Crippen LogP contribution in [0.5, 0.6) is 0 Å². The molecule has 0 aromatic heterocycles. The van der Waals surface area contributed by atoms with Crippen molar-refractivity contribution >= 4 is 6.03 Å². The van der Waals surface area contributed by atoms with Crippen LogP contribution in [0.2, 0.25) is 0 Å². The van der Waals surface area contributed by atoms with Gasteiger partial charge in [-0.1, -0.05) is 19.8 Å². The average Bonchev–Trinajstić information content (AvgIpc) is 2.80. The molecule has 2 saturated carbocycles. The lowest BCUT2D eigenvalue weighted by Crippen LogP contribution is -2.52. The quantitative estimate of drug-likeness (QED) is 0.748. The highest BCUT2D eigenvalue weighted by Crippen LogP contribution is 2.38. The summed E-state index contributed by atoms with van der Waals surface area (Å²) in [6.07, 6.45) is -0.449. The second kappa shape index (κ2) is 6.64. The molecule has 2 amide bonds. The summed E-state index contributed by atoms with van der Waals surface area (Å²) in [6, 6.07) is -0.971. The first-order valence-corrected chi connectivity index (χ1v) is 7.99. The summed E-state index contributed by atoms with van der Waals surface area (Å²) in [7, 11) is 0. The molecule has 0 heterocycles. The van der Waals surface area contributed by atoms with Crippen LogP contribution in [0.15, 0.2) is 0 Å². The van der Waals surface area contributed by atoms with Crippen LogP contribution in [0.4, 0.5) is 18.0 Å². The largest absolute Gasteiger partial charge is 0.396 e. The molecule has 0 aliphatic heterocycles. The number of hydrogen-bond donors (Lipinski definition) is 3. The van der Waals surface area contributed by atoms with Crippen LogP contribution < -0.4 is 10.6 Å². The second-order valence-corrected chi connectivity index (χ2v) is 6.98. The normalized spacial score (nSPS) is 36.1. The van der Waals surface area contributed by atoms with E-state index >= 15 is 0 Å². The highest BCUT2D eigenvalue weighted by atomic mass is 19.4. The van der Waals surface area contributed by atoms with Gasteiger partial charge in [0.15, 0.2) is 0 Å². The molecule has 128 valence electrons. The van der Waals surface area contributed by atoms with Gasteiger partial charge in [0, 0.05) is 17.5 Å². The van der Waals surface area contributed by atoms with E-state index in [-0.39, 0.29) is 30.9 Å². The van der Waals surface area contributed by atoms with E-state index in [1.165, 1.54) is 0 Å². The summed E-state index contributed by atoms with van der Waals surface area (Å²) in [5.74, 6) is -1.32. The first-order valence-electron chi connectivity index (χ1n) is 7.99. The molecule has 2 aliphatic rings. The fourth-order valence-electron chi connectivity index (χ4n) is 3.67. The molecule has 7 heteroatoms. The SMILES string of the molecule is CC1(CO)CCCC1NC(=O)NC1CCCC(C(F)(F)F)C1. The molecule has 4 atom stereocenters. The first kappa shape index (κ1) is 17.4. The second-order valence-electron chi connectivity index (χ2n) is 6.98. The van der Waals surface area contributed by atoms with E-state index in [1.807, 2.05) is 6.92 Å². The minimum Gasteiger partial charge on any atom is -0.396 e. The zero-order valence-corrected chi connectivity index (χ0v) is 12.9. The van der Waals surface area contributed by atoms with Gasteiger partial charge in [-0.3, -0.25) is 0 Å². The van der Waals surface area contributed by atoms with Gasteiger partial charge in [-0.05, 0) is 32.1 Å². The van der Waals surface area contributed by atoms with Crippen molar-refractivity contribution in [3.8, 4) is 0 Å². The highest BCUT2D eigenvalue weighted by Gasteiger charge is 2.43. The molecule has 0 radical (unpaired) electrons. The Labute approximate surface area is 128 Å². The van der Waals surface area contributed by atoms with Gasteiger partial charge in [-0.25, -0.2) is 4.79 Å². The van der Waals surface area contributed by atoms with E-state index in [0.717, 1.165) is 19.3 Å². The van der Waals surface area contributed by atoms with Crippen LogP contribution in [0.1, 0.15) is 51.9 Å². The number of nitrogens with one attached hydrogen (secondary N) is 2. The van der Waals surface area contributed by atoms with Crippen molar-refractivity contribution in [2.24, 2.45) is 11.3 Å². The molecule has 2 aliphatic carbocycles. The van der Waals surface area contributed by atoms with Gasteiger partial charge in [0.25, 0.3) is 0 Å². The maximum Gasteiger partial charge on any atom is 0.391 e. The molecular formula is C15H25F3N2O2. The van der Waals surface area contributed by atoms with Gasteiger partial charge in [-0.2, -0.15) is 13.2 Å². The molecule has 22 heavy (non-hydrogen) atoms. The van der Waals surface area contributed by atoms with Crippen molar-refractivity contribution in [3.63, 3.8) is 0 Å². The van der Waals surface area contributed by atoms with Crippen molar-refractivity contribution in [1.29, 1.82) is 0 Å². The van der Waals surface area contributed by atoms with E-state index in [9.17, 15) is 23.1 Å². The van der Waals surface area contributed by atoms with Crippen LogP contribution in [0.25, 0.3) is 0 Å². The summed E-state index contributed by atoms with van der Waals surface area (Å²) in [5, 5.41) is 15.0. The molecular weight excluding hydrogens is 297 g/mol. The predicted molar refractivity (Wildman–Crippen MR) is 76.3 cm³/mol. The Balaban J connectivity index is 1.84. The Bertz CT molecular complexity index is 403. The van der Waals surface area contributed by atoms with Gasteiger partial charge < -0.3 is 15.7 Å². The Kier molecular flexibility index (Phi) is 5.25. The number of hydrogen-bond acceptors (Lipinski definition) is 2. The Morgan fingerprint density at radius 3 is 2.59 bits per heavy atom. The number of carbonyl (C=O) groups excluding carboxylic acids is 1. The van der Waals surface area contributed by atoms with E-state index < -0.39 is 24.2 Å². The van der Waals surface area contributed by atoms with Crippen LogP contribution in [0.3, 0.4) is 0 Å². The van der Waals surface area contributed by atoms with Crippen LogP contribution in [0, 0.1) is 11.3 Å². The summed E-state index contributed by atoms with van der Waals surface area (Å²) < 4.78 is 38.3. The monoisotopic (exact) mass is 322 g/mol. The average molecular weight is 322 g/mol. The minimum atomic E-state index is -4.18. The van der Waals surface area contributed by atoms with Crippen LogP contribution in [-0.2, 0) is 0 Å². The number of aliphatic hydroxyl groups is 1. The van der Waals surface area contributed by atoms with Gasteiger partial charge in [-0.15, -0.1) is 0 Å². The number of amides is 2. The number of halogens is 3. The molecule has 3 N–H and O–H groups in total. The maximum atomic E-state index is 12.8. The number of urea groups is 1. The van der Waals surface area contributed by atoms with Gasteiger partial charge in [0.1, 0.15) is 0 Å². The molecule has 0 bridgehead atoms. The van der Waals surface area contributed by atoms with Crippen molar-refractivity contribution in [2.45, 2.75) is 70.1 Å². The van der Waals surface area contributed by atoms with E-state index in [2.05, 4.69) is 10.6 Å². The number of carbonyl (C=O) groups is 1. The summed E-state index contributed by atoms with van der Waals surface area (Å²) in [5.41, 5.74) is -0.335. The third kappa shape index (κ3) is 4.06. The molecule has 0 aromatic rings. The number of aliphatic hydroxyl groups excluding tert-OH is 1. The smallest absolute Gasteiger partial charge is 0.391 e. The van der Waals surface area contributed by atoms with Crippen molar-refractivity contribution < 1.29 is 23.1 Å². The molecule has 4 nitrogen and oxygen atoms in total. The lowest BCUT2D eigenvalue weighted by molar-refractivity contribution is -0.183. The van der Waals surface area contributed by atoms with Gasteiger partial charge in [0.2, 0.25) is 0 Å². The molecule has 2 rings (SSSR count). The molecule has 0 saturated heterocycles. The van der Waals surface area contributed by atoms with Crippen LogP contribution in [-0.4, -0.2) is 36.0 Å². The van der Waals surface area contributed by atoms with Crippen molar-refractivity contribution in [1.82, 2.24) is 10.6 Å². The van der Waals surface area contributed by atoms with Gasteiger partial charge in [0.05, 0.1) is 12.5 Å². The summed E-state index contributed by atoms with van der Waals surface area (Å²) in [4.78, 5) is 12.0. The summed E-state index contributed by atoms with van der Waals surface area (Å²) >= 11 is 0. The third-order valence-electron chi connectivity index (χ3n) is 5.22. The van der Waals surface area contributed by atoms with Crippen LogP contribution >= 0.6 is 0 Å². The lowest BCUT2D eigenvalue weighted by Gasteiger charge is -2.33. The molecule has 0 spiro atoms. The van der Waals surface area contributed by atoms with E-state index in [0.29, 0.717) is 12.8 Å². The number of alkyl halides is 3. The van der Waals surface area contributed by atoms with E-state index in [4.69, 9.17) is 0 Å². The first-order chi connectivity index (χ1) is 10.2. The maximum absolute atomic E-state index is 12.8. The van der Waals surface area contributed by atoms with Crippen molar-refractivity contribution in [2.75, 3.05) is 6.61 Å².